The summed E-state index contributed by atoms with van der Waals surface area (Å²) >= 11 is 0. The number of ether oxygens (including phenoxy) is 1. The van der Waals surface area contributed by atoms with Crippen LogP contribution in [0.3, 0.4) is 0 Å². The van der Waals surface area contributed by atoms with E-state index in [1.165, 1.54) is 12.1 Å². The van der Waals surface area contributed by atoms with E-state index in [9.17, 15) is 13.2 Å². The molecule has 0 heterocycles. The second-order valence-corrected chi connectivity index (χ2v) is 8.01. The summed E-state index contributed by atoms with van der Waals surface area (Å²) in [5.74, 6) is 0.595. The maximum Gasteiger partial charge on any atom is 0.220 e. The fraction of sp³-hybridized carbons (Fsp3) is 0.533. The minimum absolute atomic E-state index is 0.00137. The fourth-order valence-electron chi connectivity index (χ4n) is 1.69. The number of sulfone groups is 1. The second-order valence-electron chi connectivity index (χ2n) is 5.99. The van der Waals surface area contributed by atoms with E-state index >= 15 is 0 Å². The monoisotopic (exact) mass is 313 g/mol. The van der Waals surface area contributed by atoms with Gasteiger partial charge in [-0.3, -0.25) is 4.79 Å². The van der Waals surface area contributed by atoms with E-state index in [1.54, 1.807) is 12.1 Å². The molecule has 6 heteroatoms. The van der Waals surface area contributed by atoms with Crippen molar-refractivity contribution in [3.63, 3.8) is 0 Å². The van der Waals surface area contributed by atoms with Gasteiger partial charge in [-0.1, -0.05) is 0 Å². The average Bonchev–Trinajstić information content (AvgIpc) is 2.32. The topological polar surface area (TPSA) is 72.5 Å². The highest BCUT2D eigenvalue weighted by Gasteiger charge is 2.13. The summed E-state index contributed by atoms with van der Waals surface area (Å²) in [6.07, 6.45) is 2.17. The Morgan fingerprint density at radius 1 is 1.19 bits per heavy atom. The van der Waals surface area contributed by atoms with Crippen LogP contribution in [0.2, 0.25) is 0 Å². The van der Waals surface area contributed by atoms with Crippen molar-refractivity contribution in [2.45, 2.75) is 44.0 Å². The van der Waals surface area contributed by atoms with Crippen LogP contribution in [0.4, 0.5) is 0 Å². The molecule has 1 amide bonds. The fourth-order valence-corrected chi connectivity index (χ4v) is 2.32. The zero-order valence-corrected chi connectivity index (χ0v) is 13.8. The number of nitrogens with one attached hydrogen (secondary N) is 1. The molecule has 1 rings (SSSR count). The van der Waals surface area contributed by atoms with Gasteiger partial charge in [-0.05, 0) is 51.5 Å². The van der Waals surface area contributed by atoms with Crippen LogP contribution in [0.25, 0.3) is 0 Å². The molecular weight excluding hydrogens is 290 g/mol. The van der Waals surface area contributed by atoms with Crippen molar-refractivity contribution >= 4 is 15.7 Å². The lowest BCUT2D eigenvalue weighted by Gasteiger charge is -2.20. The van der Waals surface area contributed by atoms with E-state index in [2.05, 4.69) is 5.32 Å². The molecule has 5 nitrogen and oxygen atoms in total. The number of rotatable bonds is 6. The van der Waals surface area contributed by atoms with Gasteiger partial charge in [-0.2, -0.15) is 0 Å². The molecule has 0 aromatic heterocycles. The molecule has 0 saturated carbocycles. The number of hydrogen-bond donors (Lipinski definition) is 1. The molecule has 0 atom stereocenters. The van der Waals surface area contributed by atoms with Crippen LogP contribution in [0.5, 0.6) is 5.75 Å². The van der Waals surface area contributed by atoms with Gasteiger partial charge in [0.15, 0.2) is 9.84 Å². The van der Waals surface area contributed by atoms with Crippen molar-refractivity contribution in [2.75, 3.05) is 12.9 Å². The Kier molecular flexibility index (Phi) is 5.78. The Hall–Kier alpha value is -1.56. The summed E-state index contributed by atoms with van der Waals surface area (Å²) in [4.78, 5) is 11.9. The Balaban J connectivity index is 2.35. The summed E-state index contributed by atoms with van der Waals surface area (Å²) in [6, 6.07) is 6.26. The highest BCUT2D eigenvalue weighted by molar-refractivity contribution is 7.90. The molecule has 0 aliphatic heterocycles. The van der Waals surface area contributed by atoms with Gasteiger partial charge in [0.05, 0.1) is 11.5 Å². The first kappa shape index (κ1) is 17.5. The van der Waals surface area contributed by atoms with Gasteiger partial charge in [-0.15, -0.1) is 0 Å². The molecule has 0 spiro atoms. The summed E-state index contributed by atoms with van der Waals surface area (Å²) in [6.45, 7) is 6.22. The Morgan fingerprint density at radius 3 is 2.24 bits per heavy atom. The Labute approximate surface area is 126 Å². The third kappa shape index (κ3) is 7.13. The molecule has 0 saturated heterocycles. The van der Waals surface area contributed by atoms with Gasteiger partial charge in [0, 0.05) is 18.2 Å². The predicted molar refractivity (Wildman–Crippen MR) is 82.2 cm³/mol. The molecule has 0 unspecified atom stereocenters. The first-order valence-electron chi connectivity index (χ1n) is 6.82. The summed E-state index contributed by atoms with van der Waals surface area (Å²) in [7, 11) is -3.18. The lowest BCUT2D eigenvalue weighted by molar-refractivity contribution is -0.122. The smallest absolute Gasteiger partial charge is 0.220 e. The molecule has 1 aromatic carbocycles. The van der Waals surface area contributed by atoms with Crippen LogP contribution >= 0.6 is 0 Å². The van der Waals surface area contributed by atoms with Gasteiger partial charge < -0.3 is 10.1 Å². The van der Waals surface area contributed by atoms with Crippen LogP contribution < -0.4 is 10.1 Å². The lowest BCUT2D eigenvalue weighted by atomic mass is 10.1. The van der Waals surface area contributed by atoms with E-state index in [0.717, 1.165) is 6.26 Å². The van der Waals surface area contributed by atoms with E-state index in [0.29, 0.717) is 25.2 Å². The standard InChI is InChI=1S/C15H23NO4S/c1-15(2,3)16-14(17)6-5-11-20-12-7-9-13(10-8-12)21(4,18)19/h7-10H,5-6,11H2,1-4H3,(H,16,17). The van der Waals surface area contributed by atoms with Crippen molar-refractivity contribution in [3.8, 4) is 5.75 Å². The van der Waals surface area contributed by atoms with E-state index in [1.807, 2.05) is 20.8 Å². The summed E-state index contributed by atoms with van der Waals surface area (Å²) in [5, 5.41) is 2.88. The van der Waals surface area contributed by atoms with Crippen LogP contribution in [-0.2, 0) is 14.6 Å². The molecule has 0 bridgehead atoms. The molecule has 0 aliphatic carbocycles. The van der Waals surface area contributed by atoms with Gasteiger partial charge in [-0.25, -0.2) is 8.42 Å². The molecule has 0 radical (unpaired) electrons. The third-order valence-corrected chi connectivity index (χ3v) is 3.71. The van der Waals surface area contributed by atoms with Crippen molar-refractivity contribution in [1.82, 2.24) is 5.32 Å². The van der Waals surface area contributed by atoms with Gasteiger partial charge >= 0.3 is 0 Å². The van der Waals surface area contributed by atoms with E-state index < -0.39 is 9.84 Å². The molecule has 1 N–H and O–H groups in total. The van der Waals surface area contributed by atoms with Gasteiger partial charge in [0.25, 0.3) is 0 Å². The Bertz CT molecular complexity index is 571. The van der Waals surface area contributed by atoms with Crippen molar-refractivity contribution in [3.05, 3.63) is 24.3 Å². The highest BCUT2D eigenvalue weighted by atomic mass is 32.2. The molecule has 21 heavy (non-hydrogen) atoms. The maximum absolute atomic E-state index is 11.6. The molecule has 0 aliphatic rings. The van der Waals surface area contributed by atoms with Crippen LogP contribution in [0.1, 0.15) is 33.6 Å². The van der Waals surface area contributed by atoms with Crippen molar-refractivity contribution in [2.24, 2.45) is 0 Å². The summed E-state index contributed by atoms with van der Waals surface area (Å²) in [5.41, 5.74) is -0.223. The van der Waals surface area contributed by atoms with Crippen molar-refractivity contribution < 1.29 is 17.9 Å². The zero-order valence-electron chi connectivity index (χ0n) is 13.0. The van der Waals surface area contributed by atoms with Crippen molar-refractivity contribution in [1.29, 1.82) is 0 Å². The first-order valence-corrected chi connectivity index (χ1v) is 8.71. The Morgan fingerprint density at radius 2 is 1.76 bits per heavy atom. The van der Waals surface area contributed by atoms with Crippen LogP contribution in [0.15, 0.2) is 29.2 Å². The number of benzene rings is 1. The molecule has 118 valence electrons. The second kappa shape index (κ2) is 6.93. The predicted octanol–water partition coefficient (Wildman–Crippen LogP) is 2.16. The quantitative estimate of drug-likeness (QED) is 0.817. The molecule has 0 fully saturated rings. The minimum Gasteiger partial charge on any atom is -0.494 e. The first-order chi connectivity index (χ1) is 9.58. The SMILES string of the molecule is CC(C)(C)NC(=O)CCCOc1ccc(S(C)(=O)=O)cc1. The van der Waals surface area contributed by atoms with Crippen LogP contribution in [-0.4, -0.2) is 32.7 Å². The largest absolute Gasteiger partial charge is 0.494 e. The minimum atomic E-state index is -3.18. The van der Waals surface area contributed by atoms with E-state index in [4.69, 9.17) is 4.74 Å². The highest BCUT2D eigenvalue weighted by Crippen LogP contribution is 2.16. The van der Waals surface area contributed by atoms with Crippen LogP contribution in [0, 0.1) is 0 Å². The number of hydrogen-bond acceptors (Lipinski definition) is 4. The normalized spacial score (nSPS) is 12.0. The van der Waals surface area contributed by atoms with E-state index in [-0.39, 0.29) is 16.3 Å². The lowest BCUT2D eigenvalue weighted by Crippen LogP contribution is -2.40. The summed E-state index contributed by atoms with van der Waals surface area (Å²) < 4.78 is 28.1. The zero-order chi connectivity index (χ0) is 16.1. The third-order valence-electron chi connectivity index (χ3n) is 2.58. The number of carbonyl (C=O) groups is 1. The maximum atomic E-state index is 11.6. The number of carbonyl (C=O) groups excluding carboxylic acids is 1. The number of amides is 1. The molecular formula is C15H23NO4S. The van der Waals surface area contributed by atoms with Gasteiger partial charge in [0.2, 0.25) is 5.91 Å². The average molecular weight is 313 g/mol. The molecule has 1 aromatic rings. The van der Waals surface area contributed by atoms with Gasteiger partial charge in [0.1, 0.15) is 5.75 Å².